The van der Waals surface area contributed by atoms with Crippen LogP contribution >= 0.6 is 15.9 Å². The van der Waals surface area contributed by atoms with Crippen molar-refractivity contribution in [1.29, 1.82) is 0 Å². The maximum absolute atomic E-state index is 11.7. The van der Waals surface area contributed by atoms with Gasteiger partial charge in [-0.2, -0.15) is 12.7 Å². The van der Waals surface area contributed by atoms with E-state index in [1.54, 1.807) is 0 Å². The van der Waals surface area contributed by atoms with Crippen molar-refractivity contribution in [2.45, 2.75) is 31.0 Å². The SMILES string of the molecule is CC(Br)CNS(=O)(=O)N1CCCCC1. The minimum Gasteiger partial charge on any atom is -0.201 e. The molecule has 6 heteroatoms. The molecule has 0 aromatic heterocycles. The van der Waals surface area contributed by atoms with Crippen molar-refractivity contribution in [2.24, 2.45) is 0 Å². The summed E-state index contributed by atoms with van der Waals surface area (Å²) in [6, 6.07) is 0. The highest BCUT2D eigenvalue weighted by Crippen LogP contribution is 2.11. The number of hydrogen-bond acceptors (Lipinski definition) is 2. The van der Waals surface area contributed by atoms with Crippen LogP contribution in [0, 0.1) is 0 Å². The second-order valence-corrected chi connectivity index (χ2v) is 6.91. The number of piperidine rings is 1. The Morgan fingerprint density at radius 3 is 2.43 bits per heavy atom. The van der Waals surface area contributed by atoms with Crippen LogP contribution < -0.4 is 4.72 Å². The zero-order valence-electron chi connectivity index (χ0n) is 8.37. The van der Waals surface area contributed by atoms with Crippen LogP contribution in [0.15, 0.2) is 0 Å². The average molecular weight is 285 g/mol. The van der Waals surface area contributed by atoms with Crippen molar-refractivity contribution in [3.05, 3.63) is 0 Å². The second-order valence-electron chi connectivity index (χ2n) is 3.59. The molecule has 1 atom stereocenters. The Balaban J connectivity index is 2.46. The lowest BCUT2D eigenvalue weighted by molar-refractivity contribution is 0.342. The molecule has 1 rings (SSSR count). The Morgan fingerprint density at radius 2 is 1.93 bits per heavy atom. The predicted molar refractivity (Wildman–Crippen MR) is 60.7 cm³/mol. The van der Waals surface area contributed by atoms with E-state index in [9.17, 15) is 8.42 Å². The van der Waals surface area contributed by atoms with Gasteiger partial charge in [-0.1, -0.05) is 29.3 Å². The first kappa shape index (κ1) is 12.4. The van der Waals surface area contributed by atoms with Crippen LogP contribution in [0.1, 0.15) is 26.2 Å². The normalized spacial score (nSPS) is 22.1. The van der Waals surface area contributed by atoms with Gasteiger partial charge in [-0.3, -0.25) is 0 Å². The highest BCUT2D eigenvalue weighted by molar-refractivity contribution is 9.09. The molecule has 1 aliphatic heterocycles. The second kappa shape index (κ2) is 5.44. The molecule has 0 bridgehead atoms. The first-order valence-electron chi connectivity index (χ1n) is 4.91. The molecule has 0 amide bonds. The summed E-state index contributed by atoms with van der Waals surface area (Å²) in [5, 5.41) is 0. The maximum atomic E-state index is 11.7. The Bertz CT molecular complexity index is 261. The molecule has 1 unspecified atom stereocenters. The van der Waals surface area contributed by atoms with Gasteiger partial charge in [0.1, 0.15) is 0 Å². The van der Waals surface area contributed by atoms with Gasteiger partial charge in [0.25, 0.3) is 10.2 Å². The van der Waals surface area contributed by atoms with E-state index in [1.165, 1.54) is 4.31 Å². The lowest BCUT2D eigenvalue weighted by atomic mass is 10.2. The fourth-order valence-electron chi connectivity index (χ4n) is 1.42. The van der Waals surface area contributed by atoms with E-state index in [-0.39, 0.29) is 4.83 Å². The first-order valence-corrected chi connectivity index (χ1v) is 7.27. The van der Waals surface area contributed by atoms with Crippen LogP contribution in [0.25, 0.3) is 0 Å². The lowest BCUT2D eigenvalue weighted by Crippen LogP contribution is -2.44. The van der Waals surface area contributed by atoms with Crippen molar-refractivity contribution >= 4 is 26.1 Å². The van der Waals surface area contributed by atoms with Gasteiger partial charge in [0.05, 0.1) is 0 Å². The maximum Gasteiger partial charge on any atom is 0.279 e. The van der Waals surface area contributed by atoms with Gasteiger partial charge < -0.3 is 0 Å². The van der Waals surface area contributed by atoms with E-state index in [0.717, 1.165) is 19.3 Å². The van der Waals surface area contributed by atoms with Crippen molar-refractivity contribution in [3.8, 4) is 0 Å². The monoisotopic (exact) mass is 284 g/mol. The summed E-state index contributed by atoms with van der Waals surface area (Å²) in [5.41, 5.74) is 0. The average Bonchev–Trinajstić information content (AvgIpc) is 2.16. The molecule has 0 saturated carbocycles. The Kier molecular flexibility index (Phi) is 4.82. The van der Waals surface area contributed by atoms with Gasteiger partial charge in [-0.25, -0.2) is 4.72 Å². The minimum absolute atomic E-state index is 0.169. The van der Waals surface area contributed by atoms with Crippen molar-refractivity contribution in [3.63, 3.8) is 0 Å². The van der Waals surface area contributed by atoms with E-state index < -0.39 is 10.2 Å². The molecule has 0 radical (unpaired) electrons. The summed E-state index contributed by atoms with van der Waals surface area (Å²) in [7, 11) is -3.23. The van der Waals surface area contributed by atoms with Crippen LogP contribution in [0.3, 0.4) is 0 Å². The number of halogens is 1. The molecule has 1 fully saturated rings. The first-order chi connectivity index (χ1) is 6.52. The number of nitrogens with one attached hydrogen (secondary N) is 1. The fraction of sp³-hybridized carbons (Fsp3) is 1.00. The molecule has 14 heavy (non-hydrogen) atoms. The van der Waals surface area contributed by atoms with Crippen LogP contribution in [-0.4, -0.2) is 37.2 Å². The van der Waals surface area contributed by atoms with E-state index in [2.05, 4.69) is 20.7 Å². The van der Waals surface area contributed by atoms with Crippen LogP contribution in [0.2, 0.25) is 0 Å². The molecule has 1 N–H and O–H groups in total. The van der Waals surface area contributed by atoms with Gasteiger partial charge in [0.15, 0.2) is 0 Å². The predicted octanol–water partition coefficient (Wildman–Crippen LogP) is 1.09. The molecular formula is C8H17BrN2O2S. The summed E-state index contributed by atoms with van der Waals surface area (Å²) >= 11 is 3.31. The van der Waals surface area contributed by atoms with E-state index in [4.69, 9.17) is 0 Å². The van der Waals surface area contributed by atoms with E-state index >= 15 is 0 Å². The summed E-state index contributed by atoms with van der Waals surface area (Å²) in [6.07, 6.45) is 3.09. The molecule has 0 aromatic carbocycles. The molecule has 1 aliphatic rings. The van der Waals surface area contributed by atoms with Crippen LogP contribution in [-0.2, 0) is 10.2 Å². The van der Waals surface area contributed by atoms with Gasteiger partial charge in [-0.05, 0) is 12.8 Å². The molecule has 0 aliphatic carbocycles. The Hall–Kier alpha value is 0.350. The molecule has 1 heterocycles. The van der Waals surface area contributed by atoms with Crippen molar-refractivity contribution in [1.82, 2.24) is 9.03 Å². The summed E-state index contributed by atoms with van der Waals surface area (Å²) in [6.45, 7) is 3.68. The third kappa shape index (κ3) is 3.84. The largest absolute Gasteiger partial charge is 0.279 e. The summed E-state index contributed by atoms with van der Waals surface area (Å²) < 4.78 is 27.5. The van der Waals surface area contributed by atoms with E-state index in [1.807, 2.05) is 6.92 Å². The quantitative estimate of drug-likeness (QED) is 0.786. The molecule has 84 valence electrons. The van der Waals surface area contributed by atoms with Gasteiger partial charge >= 0.3 is 0 Å². The van der Waals surface area contributed by atoms with Crippen LogP contribution in [0.4, 0.5) is 0 Å². The van der Waals surface area contributed by atoms with Crippen molar-refractivity contribution < 1.29 is 8.42 Å². The fourth-order valence-corrected chi connectivity index (χ4v) is 3.17. The zero-order valence-corrected chi connectivity index (χ0v) is 10.8. The van der Waals surface area contributed by atoms with Gasteiger partial charge in [0, 0.05) is 24.5 Å². The molecular weight excluding hydrogens is 268 g/mol. The Morgan fingerprint density at radius 1 is 1.36 bits per heavy atom. The summed E-state index contributed by atoms with van der Waals surface area (Å²) in [4.78, 5) is 0.169. The lowest BCUT2D eigenvalue weighted by Gasteiger charge is -2.26. The van der Waals surface area contributed by atoms with Crippen LogP contribution in [0.5, 0.6) is 0 Å². The zero-order chi connectivity index (χ0) is 10.6. The Labute approximate surface area is 94.4 Å². The number of alkyl halides is 1. The summed E-state index contributed by atoms with van der Waals surface area (Å²) in [5.74, 6) is 0. The molecule has 4 nitrogen and oxygen atoms in total. The highest BCUT2D eigenvalue weighted by Gasteiger charge is 2.23. The smallest absolute Gasteiger partial charge is 0.201 e. The van der Waals surface area contributed by atoms with Gasteiger partial charge in [-0.15, -0.1) is 0 Å². The molecule has 0 spiro atoms. The number of rotatable bonds is 4. The van der Waals surface area contributed by atoms with E-state index in [0.29, 0.717) is 19.6 Å². The number of nitrogens with zero attached hydrogens (tertiary/aromatic N) is 1. The standard InChI is InChI=1S/C8H17BrN2O2S/c1-8(9)7-10-14(12,13)11-5-3-2-4-6-11/h8,10H,2-7H2,1H3. The third-order valence-electron chi connectivity index (χ3n) is 2.20. The van der Waals surface area contributed by atoms with Crippen molar-refractivity contribution in [2.75, 3.05) is 19.6 Å². The highest BCUT2D eigenvalue weighted by atomic mass is 79.9. The molecule has 1 saturated heterocycles. The minimum atomic E-state index is -3.23. The van der Waals surface area contributed by atoms with Gasteiger partial charge in [0.2, 0.25) is 0 Å². The third-order valence-corrected chi connectivity index (χ3v) is 4.10. The molecule has 0 aromatic rings. The topological polar surface area (TPSA) is 49.4 Å². The number of hydrogen-bond donors (Lipinski definition) is 1.